The maximum absolute atomic E-state index is 12.0. The molecule has 126 valence electrons. The maximum Gasteiger partial charge on any atom is 0.319 e. The highest BCUT2D eigenvalue weighted by Crippen LogP contribution is 2.21. The summed E-state index contributed by atoms with van der Waals surface area (Å²) in [5.41, 5.74) is 3.89. The van der Waals surface area contributed by atoms with Crippen molar-refractivity contribution in [3.05, 3.63) is 42.1 Å². The zero-order valence-electron chi connectivity index (χ0n) is 14.2. The molecule has 0 bridgehead atoms. The van der Waals surface area contributed by atoms with Gasteiger partial charge in [0.2, 0.25) is 0 Å². The van der Waals surface area contributed by atoms with Crippen LogP contribution in [-0.4, -0.2) is 31.9 Å². The number of aryl methyl sites for hydroxylation is 4. The first-order valence-corrected chi connectivity index (χ1v) is 7.99. The van der Waals surface area contributed by atoms with Crippen LogP contribution < -0.4 is 10.6 Å². The van der Waals surface area contributed by atoms with Crippen LogP contribution in [0.25, 0.3) is 10.9 Å². The summed E-state index contributed by atoms with van der Waals surface area (Å²) in [6, 6.07) is 5.61. The Morgan fingerprint density at radius 3 is 2.88 bits per heavy atom. The van der Waals surface area contributed by atoms with Crippen molar-refractivity contribution in [2.45, 2.75) is 26.8 Å². The Kier molecular flexibility index (Phi) is 4.50. The van der Waals surface area contributed by atoms with Crippen LogP contribution in [-0.2, 0) is 13.6 Å². The highest BCUT2D eigenvalue weighted by atomic mass is 16.2. The van der Waals surface area contributed by atoms with Crippen LogP contribution in [0.3, 0.4) is 0 Å². The molecule has 0 fully saturated rings. The minimum absolute atomic E-state index is 0.196. The van der Waals surface area contributed by atoms with E-state index in [9.17, 15) is 4.79 Å². The summed E-state index contributed by atoms with van der Waals surface area (Å²) in [6.07, 6.45) is 4.49. The monoisotopic (exact) mass is 326 g/mol. The largest absolute Gasteiger partial charge is 0.338 e. The molecule has 2 heterocycles. The van der Waals surface area contributed by atoms with E-state index in [0.29, 0.717) is 6.54 Å². The Morgan fingerprint density at radius 1 is 1.29 bits per heavy atom. The van der Waals surface area contributed by atoms with Gasteiger partial charge in [-0.05, 0) is 38.5 Å². The van der Waals surface area contributed by atoms with Crippen molar-refractivity contribution in [3.8, 4) is 0 Å². The van der Waals surface area contributed by atoms with E-state index in [2.05, 4.69) is 25.3 Å². The van der Waals surface area contributed by atoms with Gasteiger partial charge in [0, 0.05) is 43.1 Å². The lowest BCUT2D eigenvalue weighted by molar-refractivity contribution is 0.252. The Bertz CT molecular complexity index is 863. The predicted octanol–water partition coefficient (Wildman–Crippen LogP) is 2.60. The van der Waals surface area contributed by atoms with Crippen LogP contribution in [0.2, 0.25) is 0 Å². The number of carbonyl (C=O) groups excluding carboxylic acids is 1. The number of fused-ring (bicyclic) bond motifs is 1. The topological polar surface area (TPSA) is 76.8 Å². The van der Waals surface area contributed by atoms with Gasteiger partial charge >= 0.3 is 6.03 Å². The summed E-state index contributed by atoms with van der Waals surface area (Å²) < 4.78 is 3.91. The van der Waals surface area contributed by atoms with E-state index in [1.54, 1.807) is 6.33 Å². The molecule has 7 heteroatoms. The van der Waals surface area contributed by atoms with Crippen molar-refractivity contribution in [2.24, 2.45) is 7.05 Å². The fourth-order valence-corrected chi connectivity index (χ4v) is 2.77. The number of rotatable bonds is 5. The SMILES string of the molecule is Cc1nn(C)c2ccc(NC(=O)NCCCn3cncc3C)cc12. The highest BCUT2D eigenvalue weighted by Gasteiger charge is 2.07. The van der Waals surface area contributed by atoms with E-state index in [1.807, 2.05) is 50.0 Å². The summed E-state index contributed by atoms with van der Waals surface area (Å²) in [5.74, 6) is 0. The van der Waals surface area contributed by atoms with Gasteiger partial charge in [-0.1, -0.05) is 0 Å². The minimum Gasteiger partial charge on any atom is -0.338 e. The number of amides is 2. The van der Waals surface area contributed by atoms with E-state index in [-0.39, 0.29) is 6.03 Å². The van der Waals surface area contributed by atoms with Gasteiger partial charge in [-0.15, -0.1) is 0 Å². The number of anilines is 1. The lowest BCUT2D eigenvalue weighted by Gasteiger charge is -2.09. The second-order valence-electron chi connectivity index (χ2n) is 5.90. The third kappa shape index (κ3) is 3.40. The lowest BCUT2D eigenvalue weighted by Crippen LogP contribution is -2.30. The van der Waals surface area contributed by atoms with Gasteiger partial charge in [0.15, 0.2) is 0 Å². The van der Waals surface area contributed by atoms with Crippen LogP contribution in [0, 0.1) is 13.8 Å². The first kappa shape index (κ1) is 16.0. The van der Waals surface area contributed by atoms with Gasteiger partial charge in [0.1, 0.15) is 0 Å². The number of hydrogen-bond acceptors (Lipinski definition) is 3. The molecule has 0 aliphatic rings. The zero-order valence-corrected chi connectivity index (χ0v) is 14.2. The van der Waals surface area contributed by atoms with Gasteiger partial charge in [0.05, 0.1) is 17.5 Å². The minimum atomic E-state index is -0.196. The van der Waals surface area contributed by atoms with Gasteiger partial charge in [-0.25, -0.2) is 9.78 Å². The van der Waals surface area contributed by atoms with Crippen LogP contribution in [0.4, 0.5) is 10.5 Å². The third-order valence-electron chi connectivity index (χ3n) is 4.07. The average molecular weight is 326 g/mol. The van der Waals surface area contributed by atoms with E-state index in [4.69, 9.17) is 0 Å². The molecule has 24 heavy (non-hydrogen) atoms. The van der Waals surface area contributed by atoms with Crippen molar-refractivity contribution < 1.29 is 4.79 Å². The van der Waals surface area contributed by atoms with Crippen molar-refractivity contribution >= 4 is 22.6 Å². The molecular weight excluding hydrogens is 304 g/mol. The van der Waals surface area contributed by atoms with E-state index < -0.39 is 0 Å². The van der Waals surface area contributed by atoms with Crippen LogP contribution >= 0.6 is 0 Å². The van der Waals surface area contributed by atoms with Crippen LogP contribution in [0.1, 0.15) is 17.8 Å². The molecule has 3 aromatic rings. The molecule has 0 atom stereocenters. The number of urea groups is 1. The summed E-state index contributed by atoms with van der Waals surface area (Å²) >= 11 is 0. The van der Waals surface area contributed by atoms with Crippen LogP contribution in [0.15, 0.2) is 30.7 Å². The Labute approximate surface area is 140 Å². The van der Waals surface area contributed by atoms with E-state index >= 15 is 0 Å². The van der Waals surface area contributed by atoms with Crippen LogP contribution in [0.5, 0.6) is 0 Å². The number of hydrogen-bond donors (Lipinski definition) is 2. The fraction of sp³-hybridized carbons (Fsp3) is 0.353. The fourth-order valence-electron chi connectivity index (χ4n) is 2.77. The van der Waals surface area contributed by atoms with Gasteiger partial charge in [-0.3, -0.25) is 4.68 Å². The average Bonchev–Trinajstić information content (AvgIpc) is 3.08. The molecule has 0 saturated carbocycles. The Hall–Kier alpha value is -2.83. The third-order valence-corrected chi connectivity index (χ3v) is 4.07. The van der Waals surface area contributed by atoms with Gasteiger partial charge in [-0.2, -0.15) is 5.10 Å². The Morgan fingerprint density at radius 2 is 2.12 bits per heavy atom. The molecule has 0 saturated heterocycles. The molecule has 2 N–H and O–H groups in total. The molecule has 7 nitrogen and oxygen atoms in total. The summed E-state index contributed by atoms with van der Waals surface area (Å²) in [5, 5.41) is 11.2. The molecule has 0 aliphatic carbocycles. The predicted molar refractivity (Wildman–Crippen MR) is 94.1 cm³/mol. The van der Waals surface area contributed by atoms with Crippen molar-refractivity contribution in [1.29, 1.82) is 0 Å². The second kappa shape index (κ2) is 6.74. The molecule has 0 unspecified atom stereocenters. The molecule has 3 rings (SSSR count). The van der Waals surface area contributed by atoms with E-state index in [0.717, 1.165) is 40.9 Å². The normalized spacial score (nSPS) is 11.0. The Balaban J connectivity index is 1.51. The quantitative estimate of drug-likeness (QED) is 0.708. The summed E-state index contributed by atoms with van der Waals surface area (Å²) in [4.78, 5) is 16.1. The summed E-state index contributed by atoms with van der Waals surface area (Å²) in [6.45, 7) is 5.43. The second-order valence-corrected chi connectivity index (χ2v) is 5.90. The van der Waals surface area contributed by atoms with Gasteiger partial charge in [0.25, 0.3) is 0 Å². The highest BCUT2D eigenvalue weighted by molar-refractivity contribution is 5.93. The number of nitrogens with zero attached hydrogens (tertiary/aromatic N) is 4. The smallest absolute Gasteiger partial charge is 0.319 e. The zero-order chi connectivity index (χ0) is 17.1. The molecule has 1 aromatic carbocycles. The maximum atomic E-state index is 12.0. The number of benzene rings is 1. The first-order chi connectivity index (χ1) is 11.5. The first-order valence-electron chi connectivity index (χ1n) is 7.99. The molecule has 0 radical (unpaired) electrons. The molecule has 2 amide bonds. The standard InChI is InChI=1S/C17H22N6O/c1-12-10-18-11-23(12)8-4-7-19-17(24)20-14-5-6-16-15(9-14)13(2)21-22(16)3/h5-6,9-11H,4,7-8H2,1-3H3,(H2,19,20,24). The number of nitrogens with one attached hydrogen (secondary N) is 2. The van der Waals surface area contributed by atoms with Crippen molar-refractivity contribution in [1.82, 2.24) is 24.6 Å². The summed E-state index contributed by atoms with van der Waals surface area (Å²) in [7, 11) is 1.91. The van der Waals surface area contributed by atoms with Crippen molar-refractivity contribution in [2.75, 3.05) is 11.9 Å². The molecule has 0 aliphatic heterocycles. The number of carbonyl (C=O) groups is 1. The van der Waals surface area contributed by atoms with Crippen molar-refractivity contribution in [3.63, 3.8) is 0 Å². The molecular formula is C17H22N6O. The number of aromatic nitrogens is 4. The number of imidazole rings is 1. The molecule has 0 spiro atoms. The molecule has 2 aromatic heterocycles. The lowest BCUT2D eigenvalue weighted by atomic mass is 10.2. The van der Waals surface area contributed by atoms with E-state index in [1.165, 1.54) is 0 Å². The van der Waals surface area contributed by atoms with Gasteiger partial charge < -0.3 is 15.2 Å².